The topological polar surface area (TPSA) is 0 Å². The van der Waals surface area contributed by atoms with E-state index in [1.165, 1.54) is 0 Å². The molecule has 1 rings (SSSR count). The standard InChI is InChI=1S/C5H4S3/c6-5-7-3-1-2-4-8-5/h1-4H. The lowest BCUT2D eigenvalue weighted by atomic mass is 10.6. The van der Waals surface area contributed by atoms with Crippen LogP contribution >= 0.6 is 35.7 Å². The molecular weight excluding hydrogens is 156 g/mol. The van der Waals surface area contributed by atoms with Gasteiger partial charge in [-0.15, -0.1) is 0 Å². The molecule has 0 saturated heterocycles. The summed E-state index contributed by atoms with van der Waals surface area (Å²) in [5.41, 5.74) is 0. The summed E-state index contributed by atoms with van der Waals surface area (Å²) in [6, 6.07) is 0. The number of thiocarbonyl (C=S) groups is 1. The molecular formula is C5H4S3. The minimum atomic E-state index is 0.968. The average Bonchev–Trinajstić information content (AvgIpc) is 1.94. The Bertz CT molecular complexity index is 130. The van der Waals surface area contributed by atoms with Gasteiger partial charge in [-0.3, -0.25) is 0 Å². The summed E-state index contributed by atoms with van der Waals surface area (Å²) in [6.45, 7) is 0. The summed E-state index contributed by atoms with van der Waals surface area (Å²) in [4.78, 5) is 0. The molecule has 0 aromatic rings. The molecule has 0 fully saturated rings. The van der Waals surface area contributed by atoms with Gasteiger partial charge in [0.25, 0.3) is 0 Å². The van der Waals surface area contributed by atoms with Gasteiger partial charge in [0, 0.05) is 0 Å². The van der Waals surface area contributed by atoms with Crippen LogP contribution in [0, 0.1) is 0 Å². The second-order valence-corrected chi connectivity index (χ2v) is 4.16. The molecule has 0 aliphatic carbocycles. The molecule has 0 bridgehead atoms. The summed E-state index contributed by atoms with van der Waals surface area (Å²) in [5, 5.41) is 3.97. The Balaban J connectivity index is 2.58. The molecule has 0 N–H and O–H groups in total. The quantitative estimate of drug-likeness (QED) is 0.500. The minimum absolute atomic E-state index is 0.968. The molecule has 3 heteroatoms. The van der Waals surface area contributed by atoms with Crippen molar-refractivity contribution >= 4 is 39.3 Å². The lowest BCUT2D eigenvalue weighted by Gasteiger charge is -1.86. The van der Waals surface area contributed by atoms with E-state index in [9.17, 15) is 0 Å². The first-order valence-electron chi connectivity index (χ1n) is 2.08. The zero-order chi connectivity index (χ0) is 5.82. The van der Waals surface area contributed by atoms with E-state index in [4.69, 9.17) is 12.2 Å². The zero-order valence-electron chi connectivity index (χ0n) is 4.03. The van der Waals surface area contributed by atoms with Crippen molar-refractivity contribution in [3.05, 3.63) is 23.0 Å². The van der Waals surface area contributed by atoms with Gasteiger partial charge in [-0.1, -0.05) is 47.9 Å². The van der Waals surface area contributed by atoms with Crippen LogP contribution in [-0.2, 0) is 0 Å². The van der Waals surface area contributed by atoms with Crippen LogP contribution in [0.3, 0.4) is 0 Å². The molecule has 1 aliphatic heterocycles. The van der Waals surface area contributed by atoms with E-state index < -0.39 is 0 Å². The highest BCUT2D eigenvalue weighted by Crippen LogP contribution is 2.21. The summed E-state index contributed by atoms with van der Waals surface area (Å²) in [5.74, 6) is 0. The fourth-order valence-electron chi connectivity index (χ4n) is 0.308. The number of hydrogen-bond donors (Lipinski definition) is 0. The van der Waals surface area contributed by atoms with Crippen molar-refractivity contribution in [2.45, 2.75) is 0 Å². The van der Waals surface area contributed by atoms with E-state index in [1.54, 1.807) is 23.5 Å². The zero-order valence-corrected chi connectivity index (χ0v) is 6.48. The Morgan fingerprint density at radius 3 is 2.12 bits per heavy atom. The molecule has 42 valence electrons. The summed E-state index contributed by atoms with van der Waals surface area (Å²) < 4.78 is 0.968. The maximum Gasteiger partial charge on any atom is 0.112 e. The van der Waals surface area contributed by atoms with Crippen LogP contribution < -0.4 is 0 Å². The van der Waals surface area contributed by atoms with Crippen LogP contribution in [0.25, 0.3) is 0 Å². The fourth-order valence-corrected chi connectivity index (χ4v) is 1.76. The van der Waals surface area contributed by atoms with E-state index in [-0.39, 0.29) is 0 Å². The molecule has 0 aromatic carbocycles. The van der Waals surface area contributed by atoms with Crippen molar-refractivity contribution in [1.82, 2.24) is 0 Å². The van der Waals surface area contributed by atoms with E-state index in [0.29, 0.717) is 0 Å². The van der Waals surface area contributed by atoms with Crippen LogP contribution in [0.1, 0.15) is 0 Å². The Morgan fingerprint density at radius 1 is 1.12 bits per heavy atom. The largest absolute Gasteiger partial charge is 0.112 e. The molecule has 1 heterocycles. The lowest BCUT2D eigenvalue weighted by Crippen LogP contribution is -1.67. The van der Waals surface area contributed by atoms with E-state index >= 15 is 0 Å². The van der Waals surface area contributed by atoms with E-state index in [2.05, 4.69) is 0 Å². The highest BCUT2D eigenvalue weighted by atomic mass is 32.2. The Hall–Kier alpha value is 0.270. The molecule has 0 spiro atoms. The first kappa shape index (κ1) is 6.39. The van der Waals surface area contributed by atoms with Crippen LogP contribution in [0.15, 0.2) is 23.0 Å². The minimum Gasteiger partial charge on any atom is -0.0792 e. The highest BCUT2D eigenvalue weighted by molar-refractivity contribution is 8.49. The predicted molar refractivity (Wildman–Crippen MR) is 46.1 cm³/mol. The van der Waals surface area contributed by atoms with Crippen LogP contribution in [0.4, 0.5) is 0 Å². The van der Waals surface area contributed by atoms with Crippen molar-refractivity contribution in [1.29, 1.82) is 0 Å². The molecule has 0 radical (unpaired) electrons. The van der Waals surface area contributed by atoms with Crippen LogP contribution in [0.5, 0.6) is 0 Å². The van der Waals surface area contributed by atoms with Gasteiger partial charge in [-0.25, -0.2) is 0 Å². The summed E-state index contributed by atoms with van der Waals surface area (Å²) in [7, 11) is 0. The smallest absolute Gasteiger partial charge is 0.0792 e. The number of rotatable bonds is 0. The first-order chi connectivity index (χ1) is 3.89. The van der Waals surface area contributed by atoms with Gasteiger partial charge in [0.1, 0.15) is 3.53 Å². The normalized spacial score (nSPS) is 18.8. The second-order valence-electron chi connectivity index (χ2n) is 1.14. The monoisotopic (exact) mass is 160 g/mol. The third kappa shape index (κ3) is 2.03. The maximum absolute atomic E-state index is 4.92. The Labute approximate surface area is 62.4 Å². The van der Waals surface area contributed by atoms with Gasteiger partial charge in [-0.2, -0.15) is 0 Å². The summed E-state index contributed by atoms with van der Waals surface area (Å²) in [6.07, 6.45) is 3.97. The number of hydrogen-bond acceptors (Lipinski definition) is 3. The van der Waals surface area contributed by atoms with Gasteiger partial charge in [-0.05, 0) is 10.8 Å². The maximum atomic E-state index is 4.92. The molecule has 0 amide bonds. The van der Waals surface area contributed by atoms with Gasteiger partial charge in [0.2, 0.25) is 0 Å². The van der Waals surface area contributed by atoms with Crippen molar-refractivity contribution in [2.24, 2.45) is 0 Å². The molecule has 0 atom stereocenters. The third-order valence-corrected chi connectivity index (χ3v) is 2.72. The van der Waals surface area contributed by atoms with E-state index in [1.807, 2.05) is 23.0 Å². The van der Waals surface area contributed by atoms with Crippen LogP contribution in [-0.4, -0.2) is 3.53 Å². The van der Waals surface area contributed by atoms with Gasteiger partial charge >= 0.3 is 0 Å². The van der Waals surface area contributed by atoms with Crippen molar-refractivity contribution in [3.63, 3.8) is 0 Å². The SMILES string of the molecule is S=C1SC=CC=CS1. The molecule has 0 saturated carbocycles. The third-order valence-electron chi connectivity index (χ3n) is 0.597. The highest BCUT2D eigenvalue weighted by Gasteiger charge is 1.92. The predicted octanol–water partition coefficient (Wildman–Crippen LogP) is 2.78. The molecule has 0 nitrogen and oxygen atoms in total. The van der Waals surface area contributed by atoms with Gasteiger partial charge in [0.15, 0.2) is 0 Å². The Morgan fingerprint density at radius 2 is 1.62 bits per heavy atom. The Kier molecular flexibility index (Phi) is 2.66. The van der Waals surface area contributed by atoms with Crippen molar-refractivity contribution < 1.29 is 0 Å². The van der Waals surface area contributed by atoms with E-state index in [0.717, 1.165) is 3.53 Å². The molecule has 0 unspecified atom stereocenters. The average molecular weight is 160 g/mol. The fraction of sp³-hybridized carbons (Fsp3) is 0. The van der Waals surface area contributed by atoms with Gasteiger partial charge in [0.05, 0.1) is 0 Å². The van der Waals surface area contributed by atoms with Crippen LogP contribution in [0.2, 0.25) is 0 Å². The molecule has 1 aliphatic rings. The second kappa shape index (κ2) is 3.33. The van der Waals surface area contributed by atoms with Crippen molar-refractivity contribution in [2.75, 3.05) is 0 Å². The van der Waals surface area contributed by atoms with Gasteiger partial charge < -0.3 is 0 Å². The first-order valence-corrected chi connectivity index (χ1v) is 4.25. The lowest BCUT2D eigenvalue weighted by molar-refractivity contribution is 2.11. The number of thioether (sulfide) groups is 2. The number of allylic oxidation sites excluding steroid dienone is 2. The molecule has 8 heavy (non-hydrogen) atoms. The summed E-state index contributed by atoms with van der Waals surface area (Å²) >= 11 is 8.10. The van der Waals surface area contributed by atoms with Crippen molar-refractivity contribution in [3.8, 4) is 0 Å². The molecule has 0 aromatic heterocycles.